The molecule has 0 saturated carbocycles. The molecule has 4 nitrogen and oxygen atoms in total. The minimum absolute atomic E-state index is 0.165. The molecule has 0 unspecified atom stereocenters. The molecule has 4 aromatic carbocycles. The zero-order chi connectivity index (χ0) is 33.4. The lowest BCUT2D eigenvalue weighted by molar-refractivity contribution is -0.119. The number of nitrogens with zero attached hydrogens (tertiary/aromatic N) is 2. The second-order valence-electron chi connectivity index (χ2n) is 15.9. The van der Waals surface area contributed by atoms with Gasteiger partial charge in [-0.05, 0) is 69.7 Å². The molecule has 1 aliphatic heterocycles. The minimum atomic E-state index is -0.381. The molecule has 0 fully saturated rings. The molecule has 48 heavy (non-hydrogen) atoms. The first-order chi connectivity index (χ1) is 23.0. The first-order valence-corrected chi connectivity index (χ1v) is 17.4. The number of Topliss-reactive ketones (excluding diaryl/α,β-unsaturated/α-hetero) is 2. The highest BCUT2D eigenvalue weighted by Crippen LogP contribution is 2.55. The smallest absolute Gasteiger partial charge is 0.162 e. The van der Waals surface area contributed by atoms with Gasteiger partial charge in [-0.3, -0.25) is 9.59 Å². The lowest BCUT2D eigenvalue weighted by Crippen LogP contribution is -2.44. The average Bonchev–Trinajstić information content (AvgIpc) is 3.40. The number of allylic oxidation sites excluding steroid dienone is 4. The Balaban J connectivity index is 1.36. The zero-order valence-electron chi connectivity index (χ0n) is 28.8. The summed E-state index contributed by atoms with van der Waals surface area (Å²) in [5.74, 6) is -0.0283. The van der Waals surface area contributed by atoms with Crippen molar-refractivity contribution in [1.82, 2.24) is 9.47 Å². The van der Waals surface area contributed by atoms with Gasteiger partial charge in [0, 0.05) is 71.5 Å². The van der Waals surface area contributed by atoms with Gasteiger partial charge in [0.25, 0.3) is 0 Å². The second-order valence-corrected chi connectivity index (χ2v) is 15.9. The molecule has 0 N–H and O–H groups in total. The predicted molar refractivity (Wildman–Crippen MR) is 195 cm³/mol. The third kappa shape index (κ3) is 5.13. The summed E-state index contributed by atoms with van der Waals surface area (Å²) in [5.41, 5.74) is 9.49. The highest BCUT2D eigenvalue weighted by molar-refractivity contribution is 6.08. The molecular weight excluding hydrogens is 588 g/mol. The van der Waals surface area contributed by atoms with E-state index in [4.69, 9.17) is 0 Å². The Bertz CT molecular complexity index is 2140. The van der Waals surface area contributed by atoms with Gasteiger partial charge in [-0.1, -0.05) is 113 Å². The normalized spacial score (nSPS) is 19.3. The zero-order valence-corrected chi connectivity index (χ0v) is 28.8. The van der Waals surface area contributed by atoms with Crippen molar-refractivity contribution in [3.05, 3.63) is 142 Å². The van der Waals surface area contributed by atoms with E-state index in [-0.39, 0.29) is 28.3 Å². The van der Waals surface area contributed by atoms with Crippen LogP contribution in [0.15, 0.2) is 120 Å². The van der Waals surface area contributed by atoms with Crippen LogP contribution < -0.4 is 0 Å². The van der Waals surface area contributed by atoms with Gasteiger partial charge in [0.05, 0.1) is 0 Å². The molecule has 4 heteroatoms. The molecule has 0 radical (unpaired) electrons. The van der Waals surface area contributed by atoms with Gasteiger partial charge in [0.2, 0.25) is 0 Å². The molecule has 0 bridgehead atoms. The number of aromatic nitrogens is 1. The minimum Gasteiger partial charge on any atom is -0.343 e. The summed E-state index contributed by atoms with van der Waals surface area (Å²) in [7, 11) is 0. The number of benzene rings is 4. The molecule has 1 aromatic heterocycles. The van der Waals surface area contributed by atoms with Crippen LogP contribution in [-0.2, 0) is 22.7 Å². The van der Waals surface area contributed by atoms with E-state index in [1.807, 2.05) is 6.07 Å². The van der Waals surface area contributed by atoms with Gasteiger partial charge < -0.3 is 9.47 Å². The Morgan fingerprint density at radius 2 is 1.23 bits per heavy atom. The lowest BCUT2D eigenvalue weighted by atomic mass is 9.63. The highest BCUT2D eigenvalue weighted by Gasteiger charge is 2.49. The summed E-state index contributed by atoms with van der Waals surface area (Å²) < 4.78 is 2.35. The molecule has 8 rings (SSSR count). The number of carbonyl (C=O) groups excluding carboxylic acids is 2. The standard InChI is InChI=1S/C44H44N2O2/c1-28-19-20-30-15-9-10-16-31(30)33(28)26-45-27-34(32-17-11-12-18-35(32)45)40-41-36(21-43(2,3)23-38(41)47)46(25-29-13-7-6-8-14-29)37-22-44(4,5)24-39(48)42(37)40/h6-20,27,40H,21-26H2,1-5H3. The quantitative estimate of drug-likeness (QED) is 0.194. The molecule has 0 spiro atoms. The van der Waals surface area contributed by atoms with Gasteiger partial charge in [-0.15, -0.1) is 0 Å². The number of hydrogen-bond acceptors (Lipinski definition) is 3. The van der Waals surface area contributed by atoms with Crippen LogP contribution in [0.25, 0.3) is 21.7 Å². The molecule has 2 aliphatic carbocycles. The third-order valence-corrected chi connectivity index (χ3v) is 10.9. The second kappa shape index (κ2) is 11.2. The maximum atomic E-state index is 14.5. The van der Waals surface area contributed by atoms with Gasteiger partial charge >= 0.3 is 0 Å². The predicted octanol–water partition coefficient (Wildman–Crippen LogP) is 10.0. The number of carbonyl (C=O) groups is 2. The Kier molecular flexibility index (Phi) is 7.14. The van der Waals surface area contributed by atoms with E-state index in [0.29, 0.717) is 25.9 Å². The first kappa shape index (κ1) is 30.6. The molecule has 0 saturated heterocycles. The Morgan fingerprint density at radius 3 is 1.90 bits per heavy atom. The number of rotatable bonds is 5. The molecule has 0 amide bonds. The summed E-state index contributed by atoms with van der Waals surface area (Å²) in [4.78, 5) is 31.5. The van der Waals surface area contributed by atoms with Crippen LogP contribution in [-0.4, -0.2) is 21.0 Å². The monoisotopic (exact) mass is 632 g/mol. The van der Waals surface area contributed by atoms with E-state index in [1.54, 1.807) is 0 Å². The summed E-state index contributed by atoms with van der Waals surface area (Å²) in [5, 5.41) is 3.61. The fourth-order valence-electron chi connectivity index (χ4n) is 8.78. The van der Waals surface area contributed by atoms with Crippen molar-refractivity contribution in [2.75, 3.05) is 0 Å². The maximum Gasteiger partial charge on any atom is 0.162 e. The molecular formula is C44H44N2O2. The molecule has 2 heterocycles. The number of ketones is 2. The number of fused-ring (bicyclic) bond motifs is 2. The van der Waals surface area contributed by atoms with Crippen molar-refractivity contribution in [2.24, 2.45) is 10.8 Å². The van der Waals surface area contributed by atoms with Gasteiger partial charge in [0.15, 0.2) is 11.6 Å². The molecule has 3 aliphatic rings. The first-order valence-electron chi connectivity index (χ1n) is 17.4. The van der Waals surface area contributed by atoms with Crippen molar-refractivity contribution in [2.45, 2.75) is 79.3 Å². The van der Waals surface area contributed by atoms with Crippen molar-refractivity contribution in [3.8, 4) is 0 Å². The molecule has 242 valence electrons. The lowest BCUT2D eigenvalue weighted by Gasteiger charge is -2.49. The fourth-order valence-corrected chi connectivity index (χ4v) is 8.78. The van der Waals surface area contributed by atoms with Crippen LogP contribution in [0.2, 0.25) is 0 Å². The van der Waals surface area contributed by atoms with E-state index in [1.165, 1.54) is 27.5 Å². The van der Waals surface area contributed by atoms with Crippen LogP contribution in [0.3, 0.4) is 0 Å². The Labute approximate surface area is 283 Å². The molecule has 5 aromatic rings. The van der Waals surface area contributed by atoms with E-state index < -0.39 is 0 Å². The fraction of sp³-hybridized carbons (Fsp3) is 0.318. The van der Waals surface area contributed by atoms with Crippen molar-refractivity contribution in [1.29, 1.82) is 0 Å². The van der Waals surface area contributed by atoms with Crippen LogP contribution >= 0.6 is 0 Å². The van der Waals surface area contributed by atoms with E-state index in [9.17, 15) is 9.59 Å². The summed E-state index contributed by atoms with van der Waals surface area (Å²) in [6.07, 6.45) is 4.83. The van der Waals surface area contributed by atoms with E-state index in [0.717, 1.165) is 51.8 Å². The van der Waals surface area contributed by atoms with Gasteiger partial charge in [0.1, 0.15) is 0 Å². The van der Waals surface area contributed by atoms with Crippen molar-refractivity contribution < 1.29 is 9.59 Å². The van der Waals surface area contributed by atoms with Crippen LogP contribution in [0.4, 0.5) is 0 Å². The number of para-hydroxylation sites is 1. The number of aryl methyl sites for hydroxylation is 1. The number of hydrogen-bond donors (Lipinski definition) is 0. The maximum absolute atomic E-state index is 14.5. The highest BCUT2D eigenvalue weighted by atomic mass is 16.1. The SMILES string of the molecule is Cc1ccc2ccccc2c1Cn1cc(C2C3=C(CC(C)(C)CC3=O)N(Cc3ccccc3)C3=C2C(=O)CC(C)(C)C3)c2ccccc21. The summed E-state index contributed by atoms with van der Waals surface area (Å²) >= 11 is 0. The van der Waals surface area contributed by atoms with E-state index >= 15 is 0 Å². The molecule has 0 atom stereocenters. The third-order valence-electron chi connectivity index (χ3n) is 10.9. The van der Waals surface area contributed by atoms with Gasteiger partial charge in [-0.2, -0.15) is 0 Å². The summed E-state index contributed by atoms with van der Waals surface area (Å²) in [6.45, 7) is 12.4. The van der Waals surface area contributed by atoms with Crippen molar-refractivity contribution >= 4 is 33.2 Å². The average molecular weight is 633 g/mol. The summed E-state index contributed by atoms with van der Waals surface area (Å²) in [6, 6.07) is 32.1. The van der Waals surface area contributed by atoms with Gasteiger partial charge in [-0.25, -0.2) is 0 Å². The topological polar surface area (TPSA) is 42.3 Å². The van der Waals surface area contributed by atoms with Crippen LogP contribution in [0.5, 0.6) is 0 Å². The van der Waals surface area contributed by atoms with E-state index in [2.05, 4.69) is 135 Å². The Morgan fingerprint density at radius 1 is 0.646 bits per heavy atom. The van der Waals surface area contributed by atoms with Crippen LogP contribution in [0.1, 0.15) is 81.5 Å². The van der Waals surface area contributed by atoms with Crippen molar-refractivity contribution in [3.63, 3.8) is 0 Å². The Hall–Kier alpha value is -4.70. The largest absolute Gasteiger partial charge is 0.343 e. The van der Waals surface area contributed by atoms with Crippen LogP contribution in [0, 0.1) is 17.8 Å².